The molecule has 1 aromatic rings. The number of piperidine rings is 1. The second-order valence-corrected chi connectivity index (χ2v) is 7.07. The summed E-state index contributed by atoms with van der Waals surface area (Å²) in [5, 5.41) is 9.49. The normalized spacial score (nSPS) is 16.0. The molecule has 27 heavy (non-hydrogen) atoms. The van der Waals surface area contributed by atoms with Gasteiger partial charge in [-0.25, -0.2) is 4.98 Å². The van der Waals surface area contributed by atoms with Gasteiger partial charge in [0, 0.05) is 51.4 Å². The van der Waals surface area contributed by atoms with E-state index in [1.165, 1.54) is 0 Å². The van der Waals surface area contributed by atoms with Crippen LogP contribution in [0.2, 0.25) is 0 Å². The molecule has 0 spiro atoms. The summed E-state index contributed by atoms with van der Waals surface area (Å²) in [5.74, 6) is 1.28. The summed E-state index contributed by atoms with van der Waals surface area (Å²) in [6.07, 6.45) is 4.32. The maximum Gasteiger partial charge on any atom is 0.227 e. The van der Waals surface area contributed by atoms with Crippen molar-refractivity contribution in [1.29, 1.82) is 0 Å². The van der Waals surface area contributed by atoms with Crippen molar-refractivity contribution in [2.24, 2.45) is 4.99 Å². The van der Waals surface area contributed by atoms with Crippen molar-refractivity contribution in [3.63, 3.8) is 0 Å². The van der Waals surface area contributed by atoms with Gasteiger partial charge in [0.15, 0.2) is 5.96 Å². The van der Waals surface area contributed by atoms with E-state index in [-0.39, 0.29) is 29.9 Å². The summed E-state index contributed by atoms with van der Waals surface area (Å²) in [7, 11) is 1.76. The van der Waals surface area contributed by atoms with Crippen molar-refractivity contribution in [3.8, 4) is 0 Å². The van der Waals surface area contributed by atoms with Gasteiger partial charge < -0.3 is 20.9 Å². The Morgan fingerprint density at radius 2 is 2.04 bits per heavy atom. The van der Waals surface area contributed by atoms with Crippen LogP contribution in [0.4, 0.5) is 5.82 Å². The van der Waals surface area contributed by atoms with Gasteiger partial charge in [0.25, 0.3) is 0 Å². The number of nitrogens with zero attached hydrogens (tertiary/aromatic N) is 3. The average molecular weight is 488 g/mol. The van der Waals surface area contributed by atoms with Gasteiger partial charge >= 0.3 is 0 Å². The predicted octanol–water partition coefficient (Wildman–Crippen LogP) is 2.37. The number of halogens is 1. The summed E-state index contributed by atoms with van der Waals surface area (Å²) in [6.45, 7) is 9.20. The summed E-state index contributed by atoms with van der Waals surface area (Å²) in [6, 6.07) is 4.78. The van der Waals surface area contributed by atoms with Gasteiger partial charge in [-0.1, -0.05) is 6.07 Å². The zero-order valence-corrected chi connectivity index (χ0v) is 19.1. The summed E-state index contributed by atoms with van der Waals surface area (Å²) in [5.41, 5.74) is 1.07. The molecule has 0 aliphatic carbocycles. The number of rotatable bonds is 6. The van der Waals surface area contributed by atoms with Crippen LogP contribution in [-0.4, -0.2) is 60.5 Å². The molecule has 1 aliphatic rings. The van der Waals surface area contributed by atoms with Crippen molar-refractivity contribution < 1.29 is 4.79 Å². The third-order valence-electron chi connectivity index (χ3n) is 4.65. The number of hydrogen-bond acceptors (Lipinski definition) is 4. The van der Waals surface area contributed by atoms with E-state index in [4.69, 9.17) is 0 Å². The van der Waals surface area contributed by atoms with Crippen LogP contribution in [0.3, 0.4) is 0 Å². The zero-order chi connectivity index (χ0) is 18.9. The Kier molecular flexibility index (Phi) is 10.6. The predicted molar refractivity (Wildman–Crippen MR) is 122 cm³/mol. The molecule has 2 heterocycles. The first-order valence-corrected chi connectivity index (χ1v) is 9.41. The second kappa shape index (κ2) is 12.1. The number of aromatic nitrogens is 1. The Bertz CT molecular complexity index is 597. The minimum atomic E-state index is -0.0606. The molecule has 0 saturated carbocycles. The van der Waals surface area contributed by atoms with Gasteiger partial charge in [0.1, 0.15) is 5.82 Å². The molecule has 0 aromatic carbocycles. The number of likely N-dealkylation sites (tertiary alicyclic amines) is 1. The number of carbonyl (C=O) groups is 1. The average Bonchev–Trinajstić information content (AvgIpc) is 2.63. The molecule has 0 atom stereocenters. The summed E-state index contributed by atoms with van der Waals surface area (Å²) in [4.78, 5) is 22.9. The fourth-order valence-corrected chi connectivity index (χ4v) is 2.99. The highest BCUT2D eigenvalue weighted by molar-refractivity contribution is 14.0. The van der Waals surface area contributed by atoms with Crippen LogP contribution in [0.15, 0.2) is 23.3 Å². The number of anilines is 1. The lowest BCUT2D eigenvalue weighted by Gasteiger charge is -2.35. The SMILES string of the molecule is CN=C(NCCC(=O)Nc1ccc(C)cn1)NC1CCN(C(C)C)CC1.I. The molecule has 1 fully saturated rings. The van der Waals surface area contributed by atoms with Crippen LogP contribution < -0.4 is 16.0 Å². The first-order valence-electron chi connectivity index (χ1n) is 9.41. The van der Waals surface area contributed by atoms with E-state index in [1.807, 2.05) is 19.1 Å². The smallest absolute Gasteiger partial charge is 0.227 e. The van der Waals surface area contributed by atoms with E-state index in [0.717, 1.165) is 37.5 Å². The summed E-state index contributed by atoms with van der Waals surface area (Å²) < 4.78 is 0. The van der Waals surface area contributed by atoms with Gasteiger partial charge in [-0.15, -0.1) is 24.0 Å². The highest BCUT2D eigenvalue weighted by Crippen LogP contribution is 2.12. The molecule has 152 valence electrons. The molecule has 1 saturated heterocycles. The Hall–Kier alpha value is -1.42. The Morgan fingerprint density at radius 1 is 1.33 bits per heavy atom. The number of carbonyl (C=O) groups excluding carboxylic acids is 1. The molecule has 0 bridgehead atoms. The van der Waals surface area contributed by atoms with Crippen LogP contribution in [0.5, 0.6) is 0 Å². The minimum absolute atomic E-state index is 0. The standard InChI is InChI=1S/C19H32N6O.HI/c1-14(2)25-11-8-16(9-12-25)23-19(20-4)21-10-7-18(26)24-17-6-5-15(3)13-22-17;/h5-6,13-14,16H,7-12H2,1-4H3,(H2,20,21,23)(H,22,24,26);1H. The van der Waals surface area contributed by atoms with E-state index in [0.29, 0.717) is 30.9 Å². The molecule has 8 heteroatoms. The van der Waals surface area contributed by atoms with Gasteiger partial charge in [-0.3, -0.25) is 9.79 Å². The maximum absolute atomic E-state index is 12.0. The number of pyridine rings is 1. The number of hydrogen-bond donors (Lipinski definition) is 3. The van der Waals surface area contributed by atoms with Gasteiger partial charge in [-0.2, -0.15) is 0 Å². The van der Waals surface area contributed by atoms with E-state index in [1.54, 1.807) is 13.2 Å². The molecule has 1 amide bonds. The largest absolute Gasteiger partial charge is 0.356 e. The van der Waals surface area contributed by atoms with Crippen LogP contribution in [0.25, 0.3) is 0 Å². The second-order valence-electron chi connectivity index (χ2n) is 7.07. The maximum atomic E-state index is 12.0. The minimum Gasteiger partial charge on any atom is -0.356 e. The third kappa shape index (κ3) is 8.42. The van der Waals surface area contributed by atoms with Gasteiger partial charge in [0.05, 0.1) is 0 Å². The first kappa shape index (κ1) is 23.6. The fraction of sp³-hybridized carbons (Fsp3) is 0.632. The van der Waals surface area contributed by atoms with Crippen LogP contribution >= 0.6 is 24.0 Å². The zero-order valence-electron chi connectivity index (χ0n) is 16.8. The lowest BCUT2D eigenvalue weighted by molar-refractivity contribution is -0.116. The molecule has 3 N–H and O–H groups in total. The van der Waals surface area contributed by atoms with Crippen molar-refractivity contribution >= 4 is 41.7 Å². The number of nitrogens with one attached hydrogen (secondary N) is 3. The van der Waals surface area contributed by atoms with Crippen molar-refractivity contribution in [2.45, 2.75) is 52.1 Å². The van der Waals surface area contributed by atoms with Crippen molar-refractivity contribution in [2.75, 3.05) is 32.0 Å². The molecule has 0 radical (unpaired) electrons. The molecular formula is C19H33IN6O. The Labute approximate surface area is 179 Å². The lowest BCUT2D eigenvalue weighted by Crippen LogP contribution is -2.50. The van der Waals surface area contributed by atoms with Gasteiger partial charge in [0.2, 0.25) is 5.91 Å². The molecule has 0 unspecified atom stereocenters. The van der Waals surface area contributed by atoms with E-state index in [9.17, 15) is 4.79 Å². The number of amides is 1. The monoisotopic (exact) mass is 488 g/mol. The topological polar surface area (TPSA) is 81.6 Å². The first-order chi connectivity index (χ1) is 12.5. The molecule has 1 aliphatic heterocycles. The Balaban J connectivity index is 0.00000364. The fourth-order valence-electron chi connectivity index (χ4n) is 2.99. The van der Waals surface area contributed by atoms with Crippen molar-refractivity contribution in [1.82, 2.24) is 20.5 Å². The van der Waals surface area contributed by atoms with E-state index >= 15 is 0 Å². The van der Waals surface area contributed by atoms with Gasteiger partial charge in [-0.05, 0) is 45.2 Å². The third-order valence-corrected chi connectivity index (χ3v) is 4.65. The molecule has 7 nitrogen and oxygen atoms in total. The van der Waals surface area contributed by atoms with E-state index in [2.05, 4.69) is 44.7 Å². The summed E-state index contributed by atoms with van der Waals surface area (Å²) >= 11 is 0. The number of aryl methyl sites for hydroxylation is 1. The quantitative estimate of drug-likeness (QED) is 0.326. The highest BCUT2D eigenvalue weighted by atomic mass is 127. The van der Waals surface area contributed by atoms with Crippen LogP contribution in [-0.2, 0) is 4.79 Å². The number of guanidine groups is 1. The number of aliphatic imine (C=N–C) groups is 1. The lowest BCUT2D eigenvalue weighted by atomic mass is 10.0. The van der Waals surface area contributed by atoms with Crippen LogP contribution in [0, 0.1) is 6.92 Å². The van der Waals surface area contributed by atoms with Crippen LogP contribution in [0.1, 0.15) is 38.7 Å². The van der Waals surface area contributed by atoms with E-state index < -0.39 is 0 Å². The highest BCUT2D eigenvalue weighted by Gasteiger charge is 2.21. The molecular weight excluding hydrogens is 455 g/mol. The molecule has 2 rings (SSSR count). The Morgan fingerprint density at radius 3 is 2.59 bits per heavy atom. The van der Waals surface area contributed by atoms with Crippen molar-refractivity contribution in [3.05, 3.63) is 23.9 Å². The molecule has 1 aromatic heterocycles.